The van der Waals surface area contributed by atoms with Gasteiger partial charge in [0.05, 0.1) is 5.69 Å². The first-order valence-electron chi connectivity index (χ1n) is 6.44. The molecule has 2 aromatic heterocycles. The van der Waals surface area contributed by atoms with E-state index in [9.17, 15) is 0 Å². The molecule has 0 aliphatic heterocycles. The summed E-state index contributed by atoms with van der Waals surface area (Å²) in [6, 6.07) is 14.3. The van der Waals surface area contributed by atoms with Crippen molar-refractivity contribution in [3.05, 3.63) is 53.5 Å². The Hall–Kier alpha value is -2.14. The minimum atomic E-state index is 0.829. The molecule has 3 nitrogen and oxygen atoms in total. The van der Waals surface area contributed by atoms with E-state index < -0.39 is 0 Å². The summed E-state index contributed by atoms with van der Waals surface area (Å²) in [6.07, 6.45) is 0. The minimum absolute atomic E-state index is 0.829. The topological polar surface area (TPSA) is 37.8 Å². The minimum Gasteiger partial charge on any atom is -0.316 e. The van der Waals surface area contributed by atoms with Gasteiger partial charge in [-0.25, -0.2) is 9.97 Å². The lowest BCUT2D eigenvalue weighted by Crippen LogP contribution is -1.99. The van der Waals surface area contributed by atoms with Crippen molar-refractivity contribution >= 4 is 35.6 Å². The van der Waals surface area contributed by atoms with Gasteiger partial charge in [0.2, 0.25) is 0 Å². The lowest BCUT2D eigenvalue weighted by Gasteiger charge is -2.02. The fourth-order valence-corrected chi connectivity index (χ4v) is 2.64. The summed E-state index contributed by atoms with van der Waals surface area (Å²) in [5.41, 5.74) is 4.37. The van der Waals surface area contributed by atoms with E-state index in [1.54, 1.807) is 11.3 Å². The van der Waals surface area contributed by atoms with Crippen LogP contribution in [0.2, 0.25) is 0 Å². The van der Waals surface area contributed by atoms with Gasteiger partial charge in [-0.1, -0.05) is 35.8 Å². The van der Waals surface area contributed by atoms with E-state index in [0.29, 0.717) is 0 Å². The van der Waals surface area contributed by atoms with E-state index in [1.165, 1.54) is 5.46 Å². The highest BCUT2D eigenvalue weighted by Crippen LogP contribution is 2.26. The van der Waals surface area contributed by atoms with Crippen LogP contribution in [0.1, 0.15) is 5.69 Å². The molecule has 0 bridgehead atoms. The van der Waals surface area contributed by atoms with E-state index in [0.717, 1.165) is 27.9 Å². The molecule has 0 amide bonds. The molecule has 3 rings (SSSR count). The average Bonchev–Trinajstić information content (AvgIpc) is 2.88. The number of rotatable bonds is 3. The van der Waals surface area contributed by atoms with Gasteiger partial charge < -0.3 is 5.32 Å². The van der Waals surface area contributed by atoms with Gasteiger partial charge >= 0.3 is 0 Å². The normalized spacial score (nSPS) is 10.4. The quantitative estimate of drug-likeness (QED) is 0.749. The molecule has 0 unspecified atom stereocenters. The highest BCUT2D eigenvalue weighted by Gasteiger charge is 2.05. The van der Waals surface area contributed by atoms with Crippen LogP contribution in [-0.2, 0) is 0 Å². The summed E-state index contributed by atoms with van der Waals surface area (Å²) in [4.78, 5) is 9.02. The molecule has 0 atom stereocenters. The molecular formula is C15H14BN3S. The lowest BCUT2D eigenvalue weighted by atomic mass is 9.95. The van der Waals surface area contributed by atoms with Crippen molar-refractivity contribution in [3.8, 4) is 11.3 Å². The third-order valence-electron chi connectivity index (χ3n) is 2.97. The molecule has 5 heteroatoms. The van der Waals surface area contributed by atoms with E-state index >= 15 is 0 Å². The fraction of sp³-hybridized carbons (Fsp3) is 0.0667. The predicted molar refractivity (Wildman–Crippen MR) is 88.0 cm³/mol. The number of thiazole rings is 1. The molecule has 0 fully saturated rings. The summed E-state index contributed by atoms with van der Waals surface area (Å²) in [5.74, 6) is 0.829. The molecule has 98 valence electrons. The van der Waals surface area contributed by atoms with Crippen molar-refractivity contribution in [1.82, 2.24) is 9.97 Å². The Kier molecular flexibility index (Phi) is 3.52. The maximum absolute atomic E-state index is 4.60. The number of benzene rings is 1. The van der Waals surface area contributed by atoms with Crippen molar-refractivity contribution in [2.24, 2.45) is 0 Å². The maximum atomic E-state index is 4.60. The van der Waals surface area contributed by atoms with Crippen LogP contribution in [0.15, 0.2) is 47.8 Å². The molecule has 1 aromatic carbocycles. The second-order valence-electron chi connectivity index (χ2n) is 4.69. The zero-order valence-corrected chi connectivity index (χ0v) is 12.2. The third kappa shape index (κ3) is 2.88. The number of nitrogens with zero attached hydrogens (tertiary/aromatic N) is 2. The number of aromatic nitrogens is 2. The molecule has 0 saturated heterocycles. The first-order chi connectivity index (χ1) is 9.70. The molecule has 1 N–H and O–H groups in total. The molecule has 0 saturated carbocycles. The van der Waals surface area contributed by atoms with Crippen molar-refractivity contribution in [2.75, 3.05) is 5.32 Å². The Morgan fingerprint density at radius 2 is 1.85 bits per heavy atom. The lowest BCUT2D eigenvalue weighted by molar-refractivity contribution is 1.19. The Morgan fingerprint density at radius 3 is 2.60 bits per heavy atom. The monoisotopic (exact) mass is 279 g/mol. The summed E-state index contributed by atoms with van der Waals surface area (Å²) in [5, 5.41) is 6.16. The molecule has 20 heavy (non-hydrogen) atoms. The van der Waals surface area contributed by atoms with Crippen LogP contribution in [0, 0.1) is 6.92 Å². The molecule has 3 aromatic rings. The van der Waals surface area contributed by atoms with Crippen LogP contribution in [0.5, 0.6) is 0 Å². The van der Waals surface area contributed by atoms with E-state index in [1.807, 2.05) is 25.1 Å². The fourth-order valence-electron chi connectivity index (χ4n) is 1.91. The predicted octanol–water partition coefficient (Wildman–Crippen LogP) is 2.52. The maximum Gasteiger partial charge on any atom is 0.188 e. The zero-order valence-electron chi connectivity index (χ0n) is 11.4. The number of aryl methyl sites for hydroxylation is 1. The number of anilines is 2. The van der Waals surface area contributed by atoms with Crippen molar-refractivity contribution in [2.45, 2.75) is 6.92 Å². The van der Waals surface area contributed by atoms with Gasteiger partial charge in [0, 0.05) is 16.6 Å². The smallest absolute Gasteiger partial charge is 0.188 e. The summed E-state index contributed by atoms with van der Waals surface area (Å²) >= 11 is 1.59. The number of hydrogen-bond acceptors (Lipinski definition) is 4. The van der Waals surface area contributed by atoms with Crippen molar-refractivity contribution in [3.63, 3.8) is 0 Å². The standard InChI is InChI=1S/C15H14BN3S/c1-10-3-2-4-14(17-10)19-15-18-13(9-20-15)11-5-7-12(16)8-6-11/h2-9H,16H2,1H3,(H,17,18,19). The summed E-state index contributed by atoms with van der Waals surface area (Å²) in [6.45, 7) is 1.98. The van der Waals surface area contributed by atoms with Crippen LogP contribution in [0.4, 0.5) is 10.9 Å². The Bertz CT molecular complexity index is 722. The summed E-state index contributed by atoms with van der Waals surface area (Å²) < 4.78 is 0. The largest absolute Gasteiger partial charge is 0.316 e. The van der Waals surface area contributed by atoms with E-state index in [-0.39, 0.29) is 0 Å². The van der Waals surface area contributed by atoms with Crippen molar-refractivity contribution in [1.29, 1.82) is 0 Å². The zero-order chi connectivity index (χ0) is 13.9. The summed E-state index contributed by atoms with van der Waals surface area (Å²) in [7, 11) is 2.08. The number of hydrogen-bond donors (Lipinski definition) is 1. The molecule has 0 aliphatic rings. The SMILES string of the molecule is Bc1ccc(-c2csc(Nc3cccc(C)n3)n2)cc1. The Balaban J connectivity index is 1.82. The Labute approximate surface area is 123 Å². The molecule has 0 spiro atoms. The van der Waals surface area contributed by atoms with E-state index in [4.69, 9.17) is 0 Å². The van der Waals surface area contributed by atoms with E-state index in [2.05, 4.69) is 52.8 Å². The van der Waals surface area contributed by atoms with Gasteiger partial charge in [-0.05, 0) is 19.1 Å². The molecular weight excluding hydrogens is 265 g/mol. The van der Waals surface area contributed by atoms with Crippen LogP contribution >= 0.6 is 11.3 Å². The van der Waals surface area contributed by atoms with Crippen molar-refractivity contribution < 1.29 is 0 Å². The van der Waals surface area contributed by atoms with Gasteiger partial charge in [0.25, 0.3) is 0 Å². The first-order valence-corrected chi connectivity index (χ1v) is 7.32. The second-order valence-corrected chi connectivity index (χ2v) is 5.55. The Morgan fingerprint density at radius 1 is 1.05 bits per heavy atom. The highest BCUT2D eigenvalue weighted by atomic mass is 32.1. The molecule has 2 heterocycles. The van der Waals surface area contributed by atoms with Crippen LogP contribution in [0.3, 0.4) is 0 Å². The molecule has 0 aliphatic carbocycles. The van der Waals surface area contributed by atoms with Crippen LogP contribution in [-0.4, -0.2) is 17.8 Å². The highest BCUT2D eigenvalue weighted by molar-refractivity contribution is 7.14. The first kappa shape index (κ1) is 12.9. The number of pyridine rings is 1. The second kappa shape index (κ2) is 5.47. The van der Waals surface area contributed by atoms with Gasteiger partial charge in [0.1, 0.15) is 13.7 Å². The van der Waals surface area contributed by atoms with Gasteiger partial charge in [0.15, 0.2) is 5.13 Å². The van der Waals surface area contributed by atoms with Gasteiger partial charge in [-0.15, -0.1) is 11.3 Å². The van der Waals surface area contributed by atoms with Crippen LogP contribution < -0.4 is 10.8 Å². The number of nitrogens with one attached hydrogen (secondary N) is 1. The van der Waals surface area contributed by atoms with Gasteiger partial charge in [-0.2, -0.15) is 0 Å². The van der Waals surface area contributed by atoms with Gasteiger partial charge in [-0.3, -0.25) is 0 Å². The third-order valence-corrected chi connectivity index (χ3v) is 3.73. The average molecular weight is 279 g/mol. The molecule has 0 radical (unpaired) electrons. The van der Waals surface area contributed by atoms with Crippen LogP contribution in [0.25, 0.3) is 11.3 Å².